The molecule has 2 aromatic heterocycles. The maximum absolute atomic E-state index is 13.0. The highest BCUT2D eigenvalue weighted by Crippen LogP contribution is 2.25. The van der Waals surface area contributed by atoms with Gasteiger partial charge in [0.25, 0.3) is 5.91 Å². The Hall–Kier alpha value is -3.84. The number of hydrogen-bond donors (Lipinski definition) is 2. The predicted octanol–water partition coefficient (Wildman–Crippen LogP) is 5.29. The van der Waals surface area contributed by atoms with Gasteiger partial charge in [-0.15, -0.1) is 0 Å². The van der Waals surface area contributed by atoms with E-state index in [1.807, 2.05) is 85.1 Å². The minimum absolute atomic E-state index is 0.140. The number of anilines is 1. The zero-order valence-electron chi connectivity index (χ0n) is 16.5. The molecule has 2 N–H and O–H groups in total. The summed E-state index contributed by atoms with van der Waals surface area (Å²) in [4.78, 5) is 20.9. The lowest BCUT2D eigenvalue weighted by Crippen LogP contribution is -2.14. The van der Waals surface area contributed by atoms with Gasteiger partial charge in [-0.3, -0.25) is 4.79 Å². The number of carbonyl (C=O) groups excluding carboxylic acids is 1. The van der Waals surface area contributed by atoms with Crippen molar-refractivity contribution < 1.29 is 4.79 Å². The Morgan fingerprint density at radius 3 is 2.74 bits per heavy atom. The Morgan fingerprint density at radius 2 is 1.87 bits per heavy atom. The second-order valence-corrected chi connectivity index (χ2v) is 7.92. The number of thioether (sulfide) groups is 1. The lowest BCUT2D eigenvalue weighted by Gasteiger charge is -2.11. The van der Waals surface area contributed by atoms with Crippen molar-refractivity contribution in [3.63, 3.8) is 0 Å². The van der Waals surface area contributed by atoms with Crippen LogP contribution in [0.5, 0.6) is 0 Å². The molecular weight excluding hydrogens is 406 g/mol. The summed E-state index contributed by atoms with van der Waals surface area (Å²) >= 11 is 1.58. The van der Waals surface area contributed by atoms with E-state index in [-0.39, 0.29) is 5.91 Å². The quantitative estimate of drug-likeness (QED) is 0.362. The Kier molecular flexibility index (Phi) is 5.24. The highest BCUT2D eigenvalue weighted by molar-refractivity contribution is 7.98. The SMILES string of the molecule is O=C(Nc1cccc(-n2cccn2)c1)c1ccccc1CSc1nc2ccccc2[nH]1. The molecule has 5 aromatic rings. The molecule has 5 rings (SSSR count). The van der Waals surface area contributed by atoms with E-state index in [2.05, 4.69) is 20.4 Å². The maximum Gasteiger partial charge on any atom is 0.255 e. The van der Waals surface area contributed by atoms with Crippen molar-refractivity contribution in [3.05, 3.63) is 102 Å². The summed E-state index contributed by atoms with van der Waals surface area (Å²) < 4.78 is 1.76. The number of carbonyl (C=O) groups is 1. The highest BCUT2D eigenvalue weighted by atomic mass is 32.2. The monoisotopic (exact) mass is 425 g/mol. The fourth-order valence-electron chi connectivity index (χ4n) is 3.36. The van der Waals surface area contributed by atoms with Gasteiger partial charge in [0, 0.05) is 29.4 Å². The summed E-state index contributed by atoms with van der Waals surface area (Å²) in [6, 6.07) is 25.1. The van der Waals surface area contributed by atoms with Crippen LogP contribution in [0.1, 0.15) is 15.9 Å². The number of imidazole rings is 1. The van der Waals surface area contributed by atoms with Crippen LogP contribution in [0.2, 0.25) is 0 Å². The molecule has 6 nitrogen and oxygen atoms in total. The largest absolute Gasteiger partial charge is 0.333 e. The van der Waals surface area contributed by atoms with Crippen LogP contribution in [0.4, 0.5) is 5.69 Å². The van der Waals surface area contributed by atoms with E-state index < -0.39 is 0 Å². The first-order valence-electron chi connectivity index (χ1n) is 9.83. The Morgan fingerprint density at radius 1 is 1.00 bits per heavy atom. The Balaban J connectivity index is 1.32. The molecule has 0 aliphatic carbocycles. The first kappa shape index (κ1) is 19.1. The number of aromatic amines is 1. The minimum atomic E-state index is -0.140. The number of fused-ring (bicyclic) bond motifs is 1. The third-order valence-corrected chi connectivity index (χ3v) is 5.79. The summed E-state index contributed by atoms with van der Waals surface area (Å²) in [5.74, 6) is 0.495. The fourth-order valence-corrected chi connectivity index (χ4v) is 4.25. The van der Waals surface area contributed by atoms with E-state index in [1.165, 1.54) is 0 Å². The van der Waals surface area contributed by atoms with E-state index in [0.29, 0.717) is 11.3 Å². The molecule has 0 aliphatic heterocycles. The second kappa shape index (κ2) is 8.49. The number of H-pyrrole nitrogens is 1. The maximum atomic E-state index is 13.0. The van der Waals surface area contributed by atoms with Gasteiger partial charge < -0.3 is 10.3 Å². The van der Waals surface area contributed by atoms with Crippen molar-refractivity contribution in [2.75, 3.05) is 5.32 Å². The van der Waals surface area contributed by atoms with Crippen LogP contribution in [-0.2, 0) is 5.75 Å². The van der Waals surface area contributed by atoms with Crippen LogP contribution in [0.25, 0.3) is 16.7 Å². The van der Waals surface area contributed by atoms with Crippen LogP contribution in [0.3, 0.4) is 0 Å². The molecule has 0 bridgehead atoms. The molecular formula is C24H19N5OS. The van der Waals surface area contributed by atoms with E-state index in [9.17, 15) is 4.79 Å². The lowest BCUT2D eigenvalue weighted by molar-refractivity contribution is 0.102. The molecule has 3 aromatic carbocycles. The molecule has 0 radical (unpaired) electrons. The molecule has 31 heavy (non-hydrogen) atoms. The van der Waals surface area contributed by atoms with Crippen LogP contribution >= 0.6 is 11.8 Å². The topological polar surface area (TPSA) is 75.6 Å². The molecule has 0 unspecified atom stereocenters. The van der Waals surface area contributed by atoms with Crippen molar-refractivity contribution in [1.82, 2.24) is 19.7 Å². The van der Waals surface area contributed by atoms with Crippen molar-refractivity contribution in [3.8, 4) is 5.69 Å². The van der Waals surface area contributed by atoms with Crippen LogP contribution in [0.15, 0.2) is 96.4 Å². The number of nitrogens with one attached hydrogen (secondary N) is 2. The van der Waals surface area contributed by atoms with E-state index in [4.69, 9.17) is 0 Å². The normalized spacial score (nSPS) is 11.0. The smallest absolute Gasteiger partial charge is 0.255 e. The Labute approximate surface area is 183 Å². The number of aromatic nitrogens is 4. The zero-order valence-corrected chi connectivity index (χ0v) is 17.3. The van der Waals surface area contributed by atoms with Crippen molar-refractivity contribution in [1.29, 1.82) is 0 Å². The lowest BCUT2D eigenvalue weighted by atomic mass is 10.1. The summed E-state index contributed by atoms with van der Waals surface area (Å²) in [6.07, 6.45) is 3.59. The molecule has 0 atom stereocenters. The average Bonchev–Trinajstić information content (AvgIpc) is 3.48. The van der Waals surface area contributed by atoms with Gasteiger partial charge in [-0.1, -0.05) is 48.2 Å². The molecule has 7 heteroatoms. The molecule has 2 heterocycles. The predicted molar refractivity (Wildman–Crippen MR) is 124 cm³/mol. The first-order valence-corrected chi connectivity index (χ1v) is 10.8. The van der Waals surface area contributed by atoms with Gasteiger partial charge in [-0.25, -0.2) is 9.67 Å². The average molecular weight is 426 g/mol. The number of benzene rings is 3. The van der Waals surface area contributed by atoms with E-state index in [1.54, 1.807) is 22.6 Å². The van der Waals surface area contributed by atoms with Gasteiger partial charge in [-0.2, -0.15) is 5.10 Å². The summed E-state index contributed by atoms with van der Waals surface area (Å²) in [5, 5.41) is 8.08. The van der Waals surface area contributed by atoms with Crippen molar-refractivity contribution in [2.45, 2.75) is 10.9 Å². The Bertz CT molecular complexity index is 1310. The molecule has 0 aliphatic rings. The van der Waals surface area contributed by atoms with Gasteiger partial charge in [0.1, 0.15) is 0 Å². The standard InChI is InChI=1S/C24H19N5OS/c30-23(26-18-8-5-9-19(15-18)29-14-6-13-25-29)20-10-2-1-7-17(20)16-31-24-27-21-11-3-4-12-22(21)28-24/h1-15H,16H2,(H,26,30)(H,27,28). The number of hydrogen-bond acceptors (Lipinski definition) is 4. The summed E-state index contributed by atoms with van der Waals surface area (Å²) in [5.41, 5.74) is 5.15. The van der Waals surface area contributed by atoms with Gasteiger partial charge in [0.05, 0.1) is 16.7 Å². The summed E-state index contributed by atoms with van der Waals surface area (Å²) in [6.45, 7) is 0. The number of amides is 1. The summed E-state index contributed by atoms with van der Waals surface area (Å²) in [7, 11) is 0. The molecule has 0 spiro atoms. The van der Waals surface area contributed by atoms with Crippen LogP contribution in [0, 0.1) is 0 Å². The molecule has 152 valence electrons. The highest BCUT2D eigenvalue weighted by Gasteiger charge is 2.13. The van der Waals surface area contributed by atoms with Gasteiger partial charge in [0.2, 0.25) is 0 Å². The molecule has 0 fully saturated rings. The third kappa shape index (κ3) is 4.22. The molecule has 0 saturated carbocycles. The van der Waals surface area contributed by atoms with Crippen LogP contribution < -0.4 is 5.32 Å². The van der Waals surface area contributed by atoms with Gasteiger partial charge in [-0.05, 0) is 48.0 Å². The number of para-hydroxylation sites is 2. The number of nitrogens with zero attached hydrogens (tertiary/aromatic N) is 3. The third-order valence-electron chi connectivity index (χ3n) is 4.87. The van der Waals surface area contributed by atoms with E-state index in [0.717, 1.165) is 33.1 Å². The van der Waals surface area contributed by atoms with Crippen molar-refractivity contribution in [2.24, 2.45) is 0 Å². The first-order chi connectivity index (χ1) is 15.3. The van der Waals surface area contributed by atoms with Crippen LogP contribution in [-0.4, -0.2) is 25.7 Å². The minimum Gasteiger partial charge on any atom is -0.333 e. The second-order valence-electron chi connectivity index (χ2n) is 6.96. The molecule has 1 amide bonds. The zero-order chi connectivity index (χ0) is 21.0. The van der Waals surface area contributed by atoms with Crippen molar-refractivity contribution >= 4 is 34.4 Å². The van der Waals surface area contributed by atoms with E-state index >= 15 is 0 Å². The van der Waals surface area contributed by atoms with Gasteiger partial charge in [0.15, 0.2) is 5.16 Å². The fraction of sp³-hybridized carbons (Fsp3) is 0.0417. The number of rotatable bonds is 6. The molecule has 0 saturated heterocycles. The van der Waals surface area contributed by atoms with Gasteiger partial charge >= 0.3 is 0 Å².